The van der Waals surface area contributed by atoms with Crippen LogP contribution in [0.15, 0.2) is 42.5 Å². The molecule has 4 rings (SSSR count). The Labute approximate surface area is 154 Å². The van der Waals surface area contributed by atoms with Gasteiger partial charge in [-0.05, 0) is 68.7 Å². The summed E-state index contributed by atoms with van der Waals surface area (Å²) >= 11 is 0. The zero-order chi connectivity index (χ0) is 18.5. The van der Waals surface area contributed by atoms with Crippen LogP contribution in [0.5, 0.6) is 5.75 Å². The molecule has 0 saturated heterocycles. The number of unbranched alkanes of at least 4 members (excludes halogenated alkanes) is 1. The third-order valence-corrected chi connectivity index (χ3v) is 4.95. The minimum absolute atomic E-state index is 0.0991. The molecule has 0 spiro atoms. The van der Waals surface area contributed by atoms with Crippen molar-refractivity contribution < 1.29 is 9.13 Å². The van der Waals surface area contributed by atoms with Gasteiger partial charge in [-0.2, -0.15) is 0 Å². The normalized spacial score (nSPS) is 18.2. The zero-order valence-corrected chi connectivity index (χ0v) is 15.7. The molecule has 2 aromatic rings. The van der Waals surface area contributed by atoms with Crippen LogP contribution >= 0.6 is 0 Å². The van der Waals surface area contributed by atoms with Gasteiger partial charge in [-0.25, -0.2) is 4.39 Å². The second-order valence-electron chi connectivity index (χ2n) is 7.68. The summed E-state index contributed by atoms with van der Waals surface area (Å²) in [5.41, 5.74) is 6.27. The van der Waals surface area contributed by atoms with Gasteiger partial charge in [0.2, 0.25) is 0 Å². The highest BCUT2D eigenvalue weighted by molar-refractivity contribution is 5.97. The molecule has 0 radical (unpaired) electrons. The molecule has 2 aromatic carbocycles. The summed E-state index contributed by atoms with van der Waals surface area (Å²) < 4.78 is 20.1. The van der Waals surface area contributed by atoms with Gasteiger partial charge in [-0.3, -0.25) is 0 Å². The molecule has 2 aliphatic heterocycles. The van der Waals surface area contributed by atoms with Gasteiger partial charge in [-0.1, -0.05) is 25.5 Å². The minimum atomic E-state index is -0.247. The van der Waals surface area contributed by atoms with Gasteiger partial charge in [0.1, 0.15) is 17.3 Å². The lowest BCUT2D eigenvalue weighted by molar-refractivity contribution is 0.506. The van der Waals surface area contributed by atoms with Crippen molar-refractivity contribution in [2.24, 2.45) is 0 Å². The van der Waals surface area contributed by atoms with Crippen molar-refractivity contribution in [3.8, 4) is 16.9 Å². The average Bonchev–Trinajstić information content (AvgIpc) is 2.58. The Morgan fingerprint density at radius 3 is 2.69 bits per heavy atom. The van der Waals surface area contributed by atoms with E-state index in [1.165, 1.54) is 11.6 Å². The summed E-state index contributed by atoms with van der Waals surface area (Å²) in [7, 11) is 0. The van der Waals surface area contributed by atoms with E-state index in [0.29, 0.717) is 5.75 Å². The summed E-state index contributed by atoms with van der Waals surface area (Å²) in [5, 5.41) is 3.60. The van der Waals surface area contributed by atoms with Crippen LogP contribution in [-0.4, -0.2) is 5.54 Å². The van der Waals surface area contributed by atoms with Gasteiger partial charge in [0.25, 0.3) is 0 Å². The smallest absolute Gasteiger partial charge is 0.135 e. The molecule has 0 bridgehead atoms. The molecule has 0 aromatic heterocycles. The van der Waals surface area contributed by atoms with E-state index in [9.17, 15) is 4.39 Å². The standard InChI is InChI=1S/C23H24FNO/c1-5-6-7-20-22-16(17-12-15(24)8-11-19(17)26-20)9-10-18-21(22)14(2)13-23(3,4)25-18/h7-13,25H,5-6H2,1-4H3/b20-7-. The van der Waals surface area contributed by atoms with Crippen molar-refractivity contribution in [3.63, 3.8) is 0 Å². The van der Waals surface area contributed by atoms with Crippen molar-refractivity contribution in [1.82, 2.24) is 0 Å². The first-order chi connectivity index (χ1) is 12.4. The number of ether oxygens (including phenoxy) is 1. The summed E-state index contributed by atoms with van der Waals surface area (Å²) in [4.78, 5) is 0. The number of halogens is 1. The summed E-state index contributed by atoms with van der Waals surface area (Å²) in [6, 6.07) is 8.92. The van der Waals surface area contributed by atoms with Gasteiger partial charge < -0.3 is 10.1 Å². The lowest BCUT2D eigenvalue weighted by Crippen LogP contribution is -2.32. The van der Waals surface area contributed by atoms with Crippen LogP contribution in [-0.2, 0) is 0 Å². The molecule has 2 nitrogen and oxygen atoms in total. The first kappa shape index (κ1) is 16.9. The molecule has 26 heavy (non-hydrogen) atoms. The Morgan fingerprint density at radius 1 is 1.12 bits per heavy atom. The van der Waals surface area contributed by atoms with E-state index in [1.54, 1.807) is 12.1 Å². The topological polar surface area (TPSA) is 21.3 Å². The SMILES string of the molecule is CCC/C=C1\Oc2ccc(F)cc2-c2ccc3c(c21)C(C)=CC(C)(C)N3. The lowest BCUT2D eigenvalue weighted by atomic mass is 9.83. The maximum Gasteiger partial charge on any atom is 0.135 e. The molecule has 0 fully saturated rings. The van der Waals surface area contributed by atoms with E-state index in [1.807, 2.05) is 0 Å². The maximum atomic E-state index is 13.9. The predicted molar refractivity (Wildman–Crippen MR) is 107 cm³/mol. The molecule has 3 heteroatoms. The molecule has 0 atom stereocenters. The number of fused-ring (bicyclic) bond motifs is 5. The van der Waals surface area contributed by atoms with Gasteiger partial charge in [0.15, 0.2) is 0 Å². The fraction of sp³-hybridized carbons (Fsp3) is 0.304. The van der Waals surface area contributed by atoms with E-state index in [-0.39, 0.29) is 11.4 Å². The highest BCUT2D eigenvalue weighted by atomic mass is 19.1. The Morgan fingerprint density at radius 2 is 1.92 bits per heavy atom. The monoisotopic (exact) mass is 349 g/mol. The van der Waals surface area contributed by atoms with Gasteiger partial charge in [0.05, 0.1) is 5.54 Å². The third-order valence-electron chi connectivity index (χ3n) is 4.95. The van der Waals surface area contributed by atoms with Crippen molar-refractivity contribution in [2.75, 3.05) is 5.32 Å². The van der Waals surface area contributed by atoms with Crippen LogP contribution < -0.4 is 10.1 Å². The van der Waals surface area contributed by atoms with Gasteiger partial charge >= 0.3 is 0 Å². The first-order valence-corrected chi connectivity index (χ1v) is 9.23. The molecule has 2 heterocycles. The van der Waals surface area contributed by atoms with Crippen molar-refractivity contribution in [3.05, 3.63) is 59.4 Å². The lowest BCUT2D eigenvalue weighted by Gasteiger charge is -2.35. The molecule has 0 aliphatic carbocycles. The van der Waals surface area contributed by atoms with E-state index >= 15 is 0 Å². The molecular weight excluding hydrogens is 325 g/mol. The van der Waals surface area contributed by atoms with Gasteiger partial charge in [0, 0.05) is 22.4 Å². The quantitative estimate of drug-likeness (QED) is 0.656. The van der Waals surface area contributed by atoms with Gasteiger partial charge in [-0.15, -0.1) is 0 Å². The fourth-order valence-electron chi connectivity index (χ4n) is 3.98. The number of benzene rings is 2. The summed E-state index contributed by atoms with van der Waals surface area (Å²) in [6.07, 6.45) is 6.39. The molecule has 134 valence electrons. The van der Waals surface area contributed by atoms with Crippen LogP contribution in [0, 0.1) is 5.82 Å². The molecule has 0 saturated carbocycles. The number of hydrogen-bond donors (Lipinski definition) is 1. The Balaban J connectivity index is 2.01. The zero-order valence-electron chi connectivity index (χ0n) is 15.7. The highest BCUT2D eigenvalue weighted by Crippen LogP contribution is 2.48. The number of hydrogen-bond acceptors (Lipinski definition) is 2. The third kappa shape index (κ3) is 2.72. The van der Waals surface area contributed by atoms with Crippen molar-refractivity contribution in [2.45, 2.75) is 46.1 Å². The maximum absolute atomic E-state index is 13.9. The number of anilines is 1. The van der Waals surface area contributed by atoms with Crippen molar-refractivity contribution >= 4 is 17.0 Å². The van der Waals surface area contributed by atoms with E-state index in [4.69, 9.17) is 4.74 Å². The van der Waals surface area contributed by atoms with E-state index in [2.05, 4.69) is 57.3 Å². The Bertz CT molecular complexity index is 953. The molecule has 0 unspecified atom stereocenters. The molecule has 2 aliphatic rings. The second kappa shape index (κ2) is 6.01. The first-order valence-electron chi connectivity index (χ1n) is 9.23. The van der Waals surface area contributed by atoms with Crippen molar-refractivity contribution in [1.29, 1.82) is 0 Å². The van der Waals surface area contributed by atoms with E-state index in [0.717, 1.165) is 46.5 Å². The fourth-order valence-corrected chi connectivity index (χ4v) is 3.98. The second-order valence-corrected chi connectivity index (χ2v) is 7.68. The average molecular weight is 349 g/mol. The van der Waals surface area contributed by atoms with E-state index < -0.39 is 0 Å². The molecule has 1 N–H and O–H groups in total. The number of nitrogens with one attached hydrogen (secondary N) is 1. The largest absolute Gasteiger partial charge is 0.456 e. The Hall–Kier alpha value is -2.55. The predicted octanol–water partition coefficient (Wildman–Crippen LogP) is 6.63. The van der Waals surface area contributed by atoms with Crippen LogP contribution in [0.25, 0.3) is 22.5 Å². The Kier molecular flexibility index (Phi) is 3.91. The van der Waals surface area contributed by atoms with Crippen LogP contribution in [0.4, 0.5) is 10.1 Å². The summed E-state index contributed by atoms with van der Waals surface area (Å²) in [5.74, 6) is 1.34. The number of allylic oxidation sites excluding steroid dienone is 2. The van der Waals surface area contributed by atoms with Crippen LogP contribution in [0.3, 0.4) is 0 Å². The molecule has 0 amide bonds. The minimum Gasteiger partial charge on any atom is -0.456 e. The number of rotatable bonds is 2. The molecular formula is C23H24FNO. The summed E-state index contributed by atoms with van der Waals surface area (Å²) in [6.45, 7) is 8.61. The van der Waals surface area contributed by atoms with Crippen LogP contribution in [0.2, 0.25) is 0 Å². The highest BCUT2D eigenvalue weighted by Gasteiger charge is 2.31. The van der Waals surface area contributed by atoms with Crippen LogP contribution in [0.1, 0.15) is 51.7 Å².